The third-order valence-electron chi connectivity index (χ3n) is 2.57. The van der Waals surface area contributed by atoms with E-state index in [1.54, 1.807) is 0 Å². The van der Waals surface area contributed by atoms with E-state index >= 15 is 0 Å². The molecule has 0 atom stereocenters. The van der Waals surface area contributed by atoms with Crippen LogP contribution < -0.4 is 0 Å². The molecular formula is C12H17N3O4. The van der Waals surface area contributed by atoms with Crippen LogP contribution in [-0.4, -0.2) is 37.6 Å². The molecule has 7 nitrogen and oxygen atoms in total. The highest BCUT2D eigenvalue weighted by Crippen LogP contribution is 2.22. The van der Waals surface area contributed by atoms with Crippen LogP contribution in [0.1, 0.15) is 38.0 Å². The van der Waals surface area contributed by atoms with Crippen molar-refractivity contribution >= 4 is 12.1 Å². The van der Waals surface area contributed by atoms with Crippen LogP contribution >= 0.6 is 0 Å². The number of imidazole rings is 1. The van der Waals surface area contributed by atoms with Gasteiger partial charge in [-0.05, 0) is 20.8 Å². The zero-order valence-electron chi connectivity index (χ0n) is 11.2. The number of hydrogen-bond donors (Lipinski definition) is 2. The van der Waals surface area contributed by atoms with Crippen molar-refractivity contribution in [2.45, 2.75) is 45.9 Å². The van der Waals surface area contributed by atoms with Gasteiger partial charge in [0.2, 0.25) is 0 Å². The van der Waals surface area contributed by atoms with E-state index in [-0.39, 0.29) is 6.42 Å². The number of hydrogen-bond acceptors (Lipinski definition) is 4. The summed E-state index contributed by atoms with van der Waals surface area (Å²) in [6.45, 7) is 6.15. The van der Waals surface area contributed by atoms with Crippen molar-refractivity contribution < 1.29 is 19.4 Å². The molecule has 19 heavy (non-hydrogen) atoms. The van der Waals surface area contributed by atoms with Gasteiger partial charge in [-0.15, -0.1) is 0 Å². The van der Waals surface area contributed by atoms with Gasteiger partial charge in [-0.3, -0.25) is 9.69 Å². The summed E-state index contributed by atoms with van der Waals surface area (Å²) in [6.07, 6.45) is -0.530. The van der Waals surface area contributed by atoms with Crippen LogP contribution in [0.2, 0.25) is 0 Å². The Morgan fingerprint density at radius 1 is 1.42 bits per heavy atom. The number of fused-ring (bicyclic) bond motifs is 1. The molecule has 1 aromatic rings. The van der Waals surface area contributed by atoms with E-state index in [0.29, 0.717) is 24.6 Å². The number of carboxylic acids is 1. The number of amides is 1. The molecule has 0 saturated heterocycles. The Bertz CT molecular complexity index is 492. The second-order valence-corrected chi connectivity index (χ2v) is 5.52. The van der Waals surface area contributed by atoms with Crippen LogP contribution in [0.15, 0.2) is 0 Å². The van der Waals surface area contributed by atoms with Crippen molar-refractivity contribution in [1.29, 1.82) is 0 Å². The van der Waals surface area contributed by atoms with Gasteiger partial charge in [0.25, 0.3) is 0 Å². The first-order chi connectivity index (χ1) is 8.74. The largest absolute Gasteiger partial charge is 0.481 e. The second kappa shape index (κ2) is 4.56. The lowest BCUT2D eigenvalue weighted by Gasteiger charge is -2.24. The van der Waals surface area contributed by atoms with Crippen LogP contribution in [0.5, 0.6) is 0 Å². The monoisotopic (exact) mass is 267 g/mol. The lowest BCUT2D eigenvalue weighted by atomic mass is 10.2. The van der Waals surface area contributed by atoms with Gasteiger partial charge in [0.15, 0.2) is 0 Å². The predicted octanol–water partition coefficient (Wildman–Crippen LogP) is 1.29. The lowest BCUT2D eigenvalue weighted by Crippen LogP contribution is -2.33. The summed E-state index contributed by atoms with van der Waals surface area (Å²) in [7, 11) is 0. The molecule has 1 amide bonds. The molecule has 0 saturated carbocycles. The number of H-pyrrole nitrogens is 1. The van der Waals surface area contributed by atoms with E-state index < -0.39 is 17.7 Å². The number of ether oxygens (including phenoxy) is 1. The fraction of sp³-hybridized carbons (Fsp3) is 0.583. The van der Waals surface area contributed by atoms with Crippen molar-refractivity contribution in [3.63, 3.8) is 0 Å². The Hall–Kier alpha value is -2.05. The summed E-state index contributed by atoms with van der Waals surface area (Å²) < 4.78 is 5.27. The number of aliphatic carboxylic acids is 1. The summed E-state index contributed by atoms with van der Waals surface area (Å²) in [5, 5.41) is 8.68. The molecule has 0 radical (unpaired) electrons. The van der Waals surface area contributed by atoms with Gasteiger partial charge >= 0.3 is 12.1 Å². The van der Waals surface area contributed by atoms with Crippen LogP contribution in [-0.2, 0) is 29.0 Å². The maximum atomic E-state index is 11.9. The van der Waals surface area contributed by atoms with Gasteiger partial charge in [0.05, 0.1) is 24.5 Å². The maximum absolute atomic E-state index is 11.9. The molecule has 0 aromatic carbocycles. The van der Waals surface area contributed by atoms with Crippen molar-refractivity contribution in [3.8, 4) is 0 Å². The zero-order valence-corrected chi connectivity index (χ0v) is 11.2. The third kappa shape index (κ3) is 3.24. The maximum Gasteiger partial charge on any atom is 0.410 e. The molecule has 2 heterocycles. The minimum Gasteiger partial charge on any atom is -0.481 e. The number of carbonyl (C=O) groups excluding carboxylic acids is 1. The van der Waals surface area contributed by atoms with Gasteiger partial charge < -0.3 is 14.8 Å². The Balaban J connectivity index is 1.99. The van der Waals surface area contributed by atoms with Gasteiger partial charge in [-0.25, -0.2) is 9.78 Å². The molecule has 7 heteroatoms. The Labute approximate surface area is 110 Å². The molecule has 2 N–H and O–H groups in total. The fourth-order valence-corrected chi connectivity index (χ4v) is 1.88. The minimum absolute atomic E-state index is 0.139. The Morgan fingerprint density at radius 3 is 2.63 bits per heavy atom. The van der Waals surface area contributed by atoms with Gasteiger partial charge in [-0.1, -0.05) is 0 Å². The second-order valence-electron chi connectivity index (χ2n) is 5.52. The molecule has 2 rings (SSSR count). The van der Waals surface area contributed by atoms with Gasteiger partial charge in [0.1, 0.15) is 17.8 Å². The van der Waals surface area contributed by atoms with E-state index in [4.69, 9.17) is 9.84 Å². The van der Waals surface area contributed by atoms with E-state index in [9.17, 15) is 9.59 Å². The highest BCUT2D eigenvalue weighted by Gasteiger charge is 2.30. The molecule has 0 aliphatic carbocycles. The van der Waals surface area contributed by atoms with Crippen LogP contribution in [0.3, 0.4) is 0 Å². The van der Waals surface area contributed by atoms with Crippen LogP contribution in [0, 0.1) is 0 Å². The van der Waals surface area contributed by atoms with Crippen molar-refractivity contribution in [2.75, 3.05) is 0 Å². The summed E-state index contributed by atoms with van der Waals surface area (Å²) in [4.78, 5) is 31.1. The summed E-state index contributed by atoms with van der Waals surface area (Å²) in [5.74, 6) is -0.516. The molecule has 1 aliphatic heterocycles. The molecule has 1 aliphatic rings. The molecule has 0 spiro atoms. The van der Waals surface area contributed by atoms with Crippen molar-refractivity contribution in [3.05, 3.63) is 17.2 Å². The average molecular weight is 267 g/mol. The zero-order chi connectivity index (χ0) is 14.2. The summed E-state index contributed by atoms with van der Waals surface area (Å²) in [5.41, 5.74) is 0.958. The van der Waals surface area contributed by atoms with Crippen molar-refractivity contribution in [2.24, 2.45) is 0 Å². The highest BCUT2D eigenvalue weighted by atomic mass is 16.6. The van der Waals surface area contributed by atoms with Gasteiger partial charge in [0, 0.05) is 0 Å². The summed E-state index contributed by atoms with van der Waals surface area (Å²) in [6, 6.07) is 0. The first kappa shape index (κ1) is 13.4. The van der Waals surface area contributed by atoms with Crippen molar-refractivity contribution in [1.82, 2.24) is 14.9 Å². The Kier molecular flexibility index (Phi) is 3.21. The number of aromatic amines is 1. The fourth-order valence-electron chi connectivity index (χ4n) is 1.88. The molecule has 0 fully saturated rings. The first-order valence-corrected chi connectivity index (χ1v) is 6.01. The van der Waals surface area contributed by atoms with E-state index in [2.05, 4.69) is 9.97 Å². The van der Waals surface area contributed by atoms with Gasteiger partial charge in [-0.2, -0.15) is 0 Å². The molecule has 0 unspecified atom stereocenters. The number of nitrogens with one attached hydrogen (secondary N) is 1. The minimum atomic E-state index is -0.934. The topological polar surface area (TPSA) is 95.5 Å². The first-order valence-electron chi connectivity index (χ1n) is 6.01. The number of rotatable bonds is 2. The average Bonchev–Trinajstić information content (AvgIpc) is 2.70. The smallest absolute Gasteiger partial charge is 0.410 e. The highest BCUT2D eigenvalue weighted by molar-refractivity contribution is 5.70. The SMILES string of the molecule is CC(C)(C)OC(=O)N1Cc2nc(CC(=O)O)[nH]c2C1. The summed E-state index contributed by atoms with van der Waals surface area (Å²) >= 11 is 0. The Morgan fingerprint density at radius 2 is 2.11 bits per heavy atom. The molecule has 1 aromatic heterocycles. The number of nitrogens with zero attached hydrogens (tertiary/aromatic N) is 2. The molecular weight excluding hydrogens is 250 g/mol. The molecule has 104 valence electrons. The van der Waals surface area contributed by atoms with E-state index in [1.807, 2.05) is 20.8 Å². The normalized spacial score (nSPS) is 14.4. The third-order valence-corrected chi connectivity index (χ3v) is 2.57. The van der Waals surface area contributed by atoms with Crippen LogP contribution in [0.25, 0.3) is 0 Å². The lowest BCUT2D eigenvalue weighted by molar-refractivity contribution is -0.136. The van der Waals surface area contributed by atoms with E-state index in [1.165, 1.54) is 4.90 Å². The quantitative estimate of drug-likeness (QED) is 0.841. The standard InChI is InChI=1S/C12H17N3O4/c1-12(2,3)19-11(18)15-5-7-8(6-15)14-9(13-7)4-10(16)17/h4-6H2,1-3H3,(H,13,14)(H,16,17). The molecule has 0 bridgehead atoms. The number of aromatic nitrogens is 2. The number of carboxylic acid groups (broad SMARTS) is 1. The predicted molar refractivity (Wildman–Crippen MR) is 65.4 cm³/mol. The van der Waals surface area contributed by atoms with Crippen LogP contribution in [0.4, 0.5) is 4.79 Å². The van der Waals surface area contributed by atoms with E-state index in [0.717, 1.165) is 5.69 Å². The number of carbonyl (C=O) groups is 2.